The average molecular weight is 337 g/mol. The smallest absolute Gasteiger partial charge is 0.342 e. The summed E-state index contributed by atoms with van der Waals surface area (Å²) in [6, 6.07) is 11.2. The van der Waals surface area contributed by atoms with Gasteiger partial charge in [0, 0.05) is 16.2 Å². The molecule has 0 atom stereocenters. The quantitative estimate of drug-likeness (QED) is 0.654. The molecule has 2 aromatic rings. The third-order valence-electron chi connectivity index (χ3n) is 2.58. The molecule has 2 aromatic carbocycles. The van der Waals surface area contributed by atoms with Gasteiger partial charge in [-0.2, -0.15) is 0 Å². The van der Waals surface area contributed by atoms with E-state index in [-0.39, 0.29) is 5.56 Å². The first-order chi connectivity index (χ1) is 9.49. The highest BCUT2D eigenvalue weighted by Crippen LogP contribution is 2.29. The Morgan fingerprint density at radius 1 is 1.25 bits per heavy atom. The summed E-state index contributed by atoms with van der Waals surface area (Å²) in [6.07, 6.45) is 0. The topological polar surface area (TPSA) is 92.5 Å². The van der Waals surface area contributed by atoms with Crippen molar-refractivity contribution < 1.29 is 14.8 Å². The molecule has 0 spiro atoms. The molecule has 2 N–H and O–H groups in total. The number of nitro groups is 1. The zero-order valence-corrected chi connectivity index (χ0v) is 11.6. The van der Waals surface area contributed by atoms with Crippen LogP contribution in [0.4, 0.5) is 17.1 Å². The maximum absolute atomic E-state index is 10.9. The first kappa shape index (κ1) is 14.0. The Morgan fingerprint density at radius 2 is 1.95 bits per heavy atom. The monoisotopic (exact) mass is 336 g/mol. The molecule has 0 aromatic heterocycles. The van der Waals surface area contributed by atoms with Crippen LogP contribution in [0.2, 0.25) is 0 Å². The number of nitrogens with zero attached hydrogens (tertiary/aromatic N) is 1. The van der Waals surface area contributed by atoms with Gasteiger partial charge in [0.15, 0.2) is 0 Å². The fourth-order valence-electron chi connectivity index (χ4n) is 1.66. The van der Waals surface area contributed by atoms with E-state index >= 15 is 0 Å². The molecule has 0 aliphatic heterocycles. The van der Waals surface area contributed by atoms with Crippen molar-refractivity contribution in [2.45, 2.75) is 0 Å². The number of benzene rings is 2. The van der Waals surface area contributed by atoms with Crippen molar-refractivity contribution in [3.05, 3.63) is 62.6 Å². The van der Waals surface area contributed by atoms with Gasteiger partial charge in [-0.05, 0) is 40.2 Å². The van der Waals surface area contributed by atoms with E-state index < -0.39 is 16.6 Å². The van der Waals surface area contributed by atoms with Crippen LogP contribution in [0.15, 0.2) is 46.9 Å². The minimum atomic E-state index is -1.33. The molecule has 0 saturated heterocycles. The summed E-state index contributed by atoms with van der Waals surface area (Å²) in [5.74, 6) is -1.33. The Bertz CT molecular complexity index is 688. The SMILES string of the molecule is O=C(O)c1ccc(Nc2ccccc2Br)cc1[N+](=O)[O-]. The lowest BCUT2D eigenvalue weighted by Crippen LogP contribution is -2.03. The molecule has 6 nitrogen and oxygen atoms in total. The molecule has 0 fully saturated rings. The van der Waals surface area contributed by atoms with Crippen LogP contribution in [0.1, 0.15) is 10.4 Å². The standard InChI is InChI=1S/C13H9BrN2O4/c14-10-3-1-2-4-11(10)15-8-5-6-9(13(17)18)12(7-8)16(19)20/h1-7,15H,(H,17,18). The Balaban J connectivity index is 2.40. The predicted molar refractivity (Wildman–Crippen MR) is 77.5 cm³/mol. The van der Waals surface area contributed by atoms with Crippen molar-refractivity contribution in [1.82, 2.24) is 0 Å². The lowest BCUT2D eigenvalue weighted by molar-refractivity contribution is -0.385. The zero-order chi connectivity index (χ0) is 14.7. The van der Waals surface area contributed by atoms with Crippen LogP contribution in [0, 0.1) is 10.1 Å². The van der Waals surface area contributed by atoms with Crippen LogP contribution in [0.3, 0.4) is 0 Å². The Hall–Kier alpha value is -2.41. The summed E-state index contributed by atoms with van der Waals surface area (Å²) in [5.41, 5.74) is 0.376. The zero-order valence-electron chi connectivity index (χ0n) is 10.0. The van der Waals surface area contributed by atoms with Gasteiger partial charge in [-0.1, -0.05) is 12.1 Å². The number of halogens is 1. The van der Waals surface area contributed by atoms with Crippen molar-refractivity contribution in [2.75, 3.05) is 5.32 Å². The van der Waals surface area contributed by atoms with E-state index in [1.165, 1.54) is 18.2 Å². The van der Waals surface area contributed by atoms with E-state index in [1.807, 2.05) is 18.2 Å². The highest BCUT2D eigenvalue weighted by molar-refractivity contribution is 9.10. The van der Waals surface area contributed by atoms with Gasteiger partial charge < -0.3 is 10.4 Å². The van der Waals surface area contributed by atoms with E-state index in [1.54, 1.807) is 6.07 Å². The first-order valence-electron chi connectivity index (χ1n) is 5.52. The second kappa shape index (κ2) is 5.70. The van der Waals surface area contributed by atoms with Crippen molar-refractivity contribution >= 4 is 39.0 Å². The second-order valence-electron chi connectivity index (χ2n) is 3.90. The summed E-state index contributed by atoms with van der Waals surface area (Å²) < 4.78 is 0.796. The Labute approximate surface area is 122 Å². The summed E-state index contributed by atoms with van der Waals surface area (Å²) in [7, 11) is 0. The summed E-state index contributed by atoms with van der Waals surface area (Å²) >= 11 is 3.35. The van der Waals surface area contributed by atoms with Gasteiger partial charge in [-0.3, -0.25) is 10.1 Å². The molecule has 0 radical (unpaired) electrons. The Kier molecular flexibility index (Phi) is 3.99. The fourth-order valence-corrected chi connectivity index (χ4v) is 2.04. The molecule has 0 bridgehead atoms. The van der Waals surface area contributed by atoms with E-state index in [4.69, 9.17) is 5.11 Å². The number of carboxylic acid groups (broad SMARTS) is 1. The van der Waals surface area contributed by atoms with E-state index in [0.717, 1.165) is 10.2 Å². The summed E-state index contributed by atoms with van der Waals surface area (Å²) in [4.78, 5) is 21.1. The number of aromatic carboxylic acids is 1. The van der Waals surface area contributed by atoms with E-state index in [9.17, 15) is 14.9 Å². The van der Waals surface area contributed by atoms with Gasteiger partial charge in [0.1, 0.15) is 5.56 Å². The van der Waals surface area contributed by atoms with Crippen LogP contribution in [-0.4, -0.2) is 16.0 Å². The van der Waals surface area contributed by atoms with Gasteiger partial charge >= 0.3 is 5.97 Å². The number of para-hydroxylation sites is 1. The lowest BCUT2D eigenvalue weighted by atomic mass is 10.1. The summed E-state index contributed by atoms with van der Waals surface area (Å²) in [6.45, 7) is 0. The minimum absolute atomic E-state index is 0.340. The van der Waals surface area contributed by atoms with Crippen LogP contribution in [0.25, 0.3) is 0 Å². The first-order valence-corrected chi connectivity index (χ1v) is 6.31. The third-order valence-corrected chi connectivity index (χ3v) is 3.27. The minimum Gasteiger partial charge on any atom is -0.477 e. The van der Waals surface area contributed by atoms with Crippen molar-refractivity contribution in [3.8, 4) is 0 Å². The lowest BCUT2D eigenvalue weighted by Gasteiger charge is -2.08. The molecule has 0 heterocycles. The van der Waals surface area contributed by atoms with Crippen molar-refractivity contribution in [1.29, 1.82) is 0 Å². The Morgan fingerprint density at radius 3 is 2.55 bits per heavy atom. The van der Waals surface area contributed by atoms with E-state index in [0.29, 0.717) is 5.69 Å². The molecular formula is C13H9BrN2O4. The highest BCUT2D eigenvalue weighted by Gasteiger charge is 2.20. The fraction of sp³-hybridized carbons (Fsp3) is 0. The molecular weight excluding hydrogens is 328 g/mol. The van der Waals surface area contributed by atoms with E-state index in [2.05, 4.69) is 21.2 Å². The number of carboxylic acids is 1. The molecule has 0 aliphatic carbocycles. The number of carbonyl (C=O) groups is 1. The highest BCUT2D eigenvalue weighted by atomic mass is 79.9. The molecule has 20 heavy (non-hydrogen) atoms. The van der Waals surface area contributed by atoms with Crippen LogP contribution >= 0.6 is 15.9 Å². The number of anilines is 2. The molecule has 0 amide bonds. The third kappa shape index (κ3) is 2.94. The number of nitro benzene ring substituents is 1. The predicted octanol–water partition coefficient (Wildman–Crippen LogP) is 3.80. The van der Waals surface area contributed by atoms with Crippen LogP contribution in [-0.2, 0) is 0 Å². The van der Waals surface area contributed by atoms with Crippen LogP contribution < -0.4 is 5.32 Å². The van der Waals surface area contributed by atoms with Crippen LogP contribution in [0.5, 0.6) is 0 Å². The molecule has 2 rings (SSSR count). The van der Waals surface area contributed by atoms with Gasteiger partial charge in [0.05, 0.1) is 10.6 Å². The largest absolute Gasteiger partial charge is 0.477 e. The molecule has 0 aliphatic rings. The molecule has 102 valence electrons. The number of hydrogen-bond acceptors (Lipinski definition) is 4. The van der Waals surface area contributed by atoms with Crippen molar-refractivity contribution in [2.24, 2.45) is 0 Å². The van der Waals surface area contributed by atoms with Gasteiger partial charge in [0.2, 0.25) is 0 Å². The maximum Gasteiger partial charge on any atom is 0.342 e. The van der Waals surface area contributed by atoms with Crippen molar-refractivity contribution in [3.63, 3.8) is 0 Å². The number of hydrogen-bond donors (Lipinski definition) is 2. The summed E-state index contributed by atoms with van der Waals surface area (Å²) in [5, 5.41) is 22.8. The van der Waals surface area contributed by atoms with Gasteiger partial charge in [-0.15, -0.1) is 0 Å². The van der Waals surface area contributed by atoms with Gasteiger partial charge in [0.25, 0.3) is 5.69 Å². The average Bonchev–Trinajstić information content (AvgIpc) is 2.41. The normalized spacial score (nSPS) is 10.1. The number of rotatable bonds is 4. The molecule has 7 heteroatoms. The molecule has 0 unspecified atom stereocenters. The number of nitrogens with one attached hydrogen (secondary N) is 1. The second-order valence-corrected chi connectivity index (χ2v) is 4.75. The maximum atomic E-state index is 10.9. The molecule has 0 saturated carbocycles. The van der Waals surface area contributed by atoms with Gasteiger partial charge in [-0.25, -0.2) is 4.79 Å².